The molecule has 3 aliphatic rings. The summed E-state index contributed by atoms with van der Waals surface area (Å²) < 4.78 is 78.7. The van der Waals surface area contributed by atoms with Crippen LogP contribution in [0.5, 0.6) is 0 Å². The molecule has 0 atom stereocenters. The number of para-hydroxylation sites is 3. The van der Waals surface area contributed by atoms with Crippen LogP contribution in [-0.2, 0) is 48.4 Å². The summed E-state index contributed by atoms with van der Waals surface area (Å²) in [5.41, 5.74) is 8.04. The van der Waals surface area contributed by atoms with Crippen LogP contribution in [0, 0.1) is 17.5 Å². The number of halogens is 10. The summed E-state index contributed by atoms with van der Waals surface area (Å²) in [6.45, 7) is 4.32. The number of carbonyl (C=O) groups excluding carboxylic acids is 5. The Labute approximate surface area is 751 Å². The Morgan fingerprint density at radius 1 is 0.418 bits per heavy atom. The second kappa shape index (κ2) is 41.7. The molecule has 0 unspecified atom stereocenters. The van der Waals surface area contributed by atoms with Gasteiger partial charge in [-0.05, 0) is 171 Å². The number of aliphatic carboxylic acids is 1. The number of esters is 1. The van der Waals surface area contributed by atoms with E-state index in [-0.39, 0.29) is 114 Å². The van der Waals surface area contributed by atoms with Crippen molar-refractivity contribution in [2.24, 2.45) is 0 Å². The second-order valence-electron chi connectivity index (χ2n) is 28.9. The molecule has 20 nitrogen and oxygen atoms in total. The molecule has 0 bridgehead atoms. The van der Waals surface area contributed by atoms with Gasteiger partial charge in [0, 0.05) is 87.7 Å². The number of piperidine rings is 3. The van der Waals surface area contributed by atoms with Crippen molar-refractivity contribution in [3.8, 4) is 50.8 Å². The second-order valence-corrected chi connectivity index (χ2v) is 33.2. The highest BCUT2D eigenvalue weighted by Gasteiger charge is 2.38. The molecule has 0 aliphatic carbocycles. The first-order chi connectivity index (χ1) is 57.7. The number of amides is 4. The van der Waals surface area contributed by atoms with Crippen molar-refractivity contribution in [2.45, 2.75) is 89.9 Å². The van der Waals surface area contributed by atoms with E-state index in [1.54, 1.807) is 190 Å². The fraction of sp³-hybridized carbons (Fsp3) is 0.242. The van der Waals surface area contributed by atoms with Gasteiger partial charge in [0.15, 0.2) is 17.1 Å². The van der Waals surface area contributed by atoms with Gasteiger partial charge >= 0.3 is 11.9 Å². The number of rotatable bonds is 20. The zero-order chi connectivity index (χ0) is 85.1. The Kier molecular flexibility index (Phi) is 31.6. The molecule has 3 fully saturated rings. The minimum absolute atomic E-state index is 0. The molecule has 2 N–H and O–H groups in total. The Morgan fingerprint density at radius 2 is 0.689 bits per heavy atom. The number of nitrogens with zero attached hydrogens (tertiary/aromatic N) is 9. The number of likely N-dealkylation sites (tertiary alicyclic amines) is 3. The van der Waals surface area contributed by atoms with Gasteiger partial charge in [-0.15, -0.1) is 24.0 Å². The number of ether oxygens (including phenoxy) is 1. The topological polar surface area (TPSA) is 241 Å². The lowest BCUT2D eigenvalue weighted by Crippen LogP contribution is -2.39. The number of sulfonamides is 1. The van der Waals surface area contributed by atoms with Crippen LogP contribution in [0.4, 0.5) is 13.2 Å². The van der Waals surface area contributed by atoms with Gasteiger partial charge in [0.05, 0.1) is 81.3 Å². The lowest BCUT2D eigenvalue weighted by Gasteiger charge is -2.32. The fourth-order valence-corrected chi connectivity index (χ4v) is 16.9. The molecule has 6 heterocycles. The summed E-state index contributed by atoms with van der Waals surface area (Å²) in [6.07, 6.45) is 3.40. The lowest BCUT2D eigenvalue weighted by molar-refractivity contribution is -0.142. The molecule has 0 saturated carbocycles. The van der Waals surface area contributed by atoms with Crippen LogP contribution in [0.1, 0.15) is 135 Å². The summed E-state index contributed by atoms with van der Waals surface area (Å²) in [4.78, 5) is 84.5. The third kappa shape index (κ3) is 21.8. The van der Waals surface area contributed by atoms with E-state index >= 15 is 0 Å². The van der Waals surface area contributed by atoms with E-state index in [1.807, 2.05) is 41.1 Å². The Bertz CT molecular complexity index is 5920. The molecule has 15 rings (SSSR count). The van der Waals surface area contributed by atoms with Gasteiger partial charge in [0.25, 0.3) is 17.7 Å². The first kappa shape index (κ1) is 92.4. The molecule has 0 spiro atoms. The maximum Gasteiger partial charge on any atom is 0.310 e. The van der Waals surface area contributed by atoms with Crippen molar-refractivity contribution in [3.63, 3.8) is 0 Å². The highest BCUT2D eigenvalue weighted by atomic mass is 127. The van der Waals surface area contributed by atoms with Crippen LogP contribution < -0.4 is 4.72 Å². The molecule has 634 valence electrons. The zero-order valence-electron chi connectivity index (χ0n) is 65.2. The van der Waals surface area contributed by atoms with Crippen molar-refractivity contribution in [1.29, 1.82) is 0 Å². The predicted octanol–water partition coefficient (Wildman–Crippen LogP) is 20.6. The number of nitrogens with one attached hydrogen (secondary N) is 1. The Hall–Kier alpha value is -10.4. The van der Waals surface area contributed by atoms with E-state index in [1.165, 1.54) is 27.6 Å². The standard InChI is InChI=1S/C31H28Cl2FN3O3.C30H27Cl2FN4O4S.C29H24Cl2FN3O3.CH4.HI/c1-2-40-28(38)19-24-29(31(39)36-17-15-20(16-18-36)23-7-3-5-9-26(23)34)35-37(27-10-6-4-8-25(27)33)30(24)21-11-13-22(32)14-12-21;1-42(40,41)35-27(38)18-23-28(30(39)36-16-14-19(15-17-36)22-6-2-4-8-25(22)33)34-37(26-9-5-3-7-24(26)32)29(23)20-10-12-21(31)13-11-20;30-20-11-9-19(10-12-20)28-22(17-26(36)37)27(33-35(28)25-8-4-2-6-23(25)31)29(38)34-15-13-18(14-16-34)21-5-1-3-7-24(21)32;;/h3-14,20H,2,15-19H2,1H3;2-13,19H,14-18H2,1H3,(H,35,38);1-12,18H,13-17H2,(H,36,37);1H4;1H. The monoisotopic (exact) mass is 1900 g/mol. The first-order valence-electron chi connectivity index (χ1n) is 38.6. The van der Waals surface area contributed by atoms with E-state index in [0.717, 1.165) is 6.26 Å². The van der Waals surface area contributed by atoms with Gasteiger partial charge in [0.2, 0.25) is 15.9 Å². The van der Waals surface area contributed by atoms with Crippen LogP contribution in [0.2, 0.25) is 30.1 Å². The van der Waals surface area contributed by atoms with Crippen LogP contribution in [0.15, 0.2) is 218 Å². The number of benzene rings is 9. The normalized spacial score (nSPS) is 13.8. The predicted molar refractivity (Wildman–Crippen MR) is 480 cm³/mol. The average Bonchev–Trinajstić information content (AvgIpc) is 1.62. The van der Waals surface area contributed by atoms with Crippen LogP contribution >= 0.6 is 93.6 Å². The molecule has 3 aliphatic heterocycles. The SMILES string of the molecule is C.CCOC(=O)Cc1c(C(=O)N2CCC(c3ccccc3F)CC2)nn(-c2ccccc2Cl)c1-c1ccc(Cl)cc1.CS(=O)(=O)NC(=O)Cc1c(C(=O)N2CCC(c3ccccc3F)CC2)nn(-c2ccccc2Cl)c1-c1ccc(Cl)cc1.I.O=C(O)Cc1c(C(=O)N2CCC(c3ccccc3F)CC2)nn(-c2ccccc2Cl)c1-c1ccc(Cl)cc1. The van der Waals surface area contributed by atoms with E-state index in [4.69, 9.17) is 79.4 Å². The van der Waals surface area contributed by atoms with E-state index < -0.39 is 46.6 Å². The molecular formula is C91H84Cl6F3IN10O10S. The quantitative estimate of drug-likeness (QED) is 0.0533. The Morgan fingerprint density at radius 3 is 0.959 bits per heavy atom. The molecule has 31 heteroatoms. The molecule has 4 amide bonds. The maximum absolute atomic E-state index is 14.4. The summed E-state index contributed by atoms with van der Waals surface area (Å²) >= 11 is 38.0. The number of carboxylic acid groups (broad SMARTS) is 1. The molecular weight excluding hydrogens is 1820 g/mol. The average molecular weight is 1910 g/mol. The van der Waals surface area contributed by atoms with Gasteiger partial charge in [0.1, 0.15) is 17.5 Å². The van der Waals surface area contributed by atoms with E-state index in [2.05, 4.69) is 10.2 Å². The van der Waals surface area contributed by atoms with E-state index in [0.29, 0.717) is 187 Å². The molecule has 12 aromatic rings. The summed E-state index contributed by atoms with van der Waals surface area (Å²) in [5.74, 6) is -4.23. The number of carboxylic acids is 1. The van der Waals surface area contributed by atoms with Crippen molar-refractivity contribution in [2.75, 3.05) is 52.1 Å². The molecule has 3 saturated heterocycles. The van der Waals surface area contributed by atoms with Crippen molar-refractivity contribution in [3.05, 3.63) is 316 Å². The molecule has 9 aromatic carbocycles. The third-order valence-electron chi connectivity index (χ3n) is 21.1. The van der Waals surface area contributed by atoms with Crippen LogP contribution in [0.25, 0.3) is 50.8 Å². The maximum atomic E-state index is 14.4. The van der Waals surface area contributed by atoms with Crippen molar-refractivity contribution < 1.29 is 60.2 Å². The van der Waals surface area contributed by atoms with Gasteiger partial charge < -0.3 is 24.5 Å². The Balaban J connectivity index is 0.000000177. The minimum atomic E-state index is -3.86. The van der Waals surface area contributed by atoms with Crippen molar-refractivity contribution in [1.82, 2.24) is 48.8 Å². The smallest absolute Gasteiger partial charge is 0.310 e. The first-order valence-corrected chi connectivity index (χ1v) is 42.7. The number of carbonyl (C=O) groups is 6. The number of aromatic nitrogens is 6. The molecule has 0 radical (unpaired) electrons. The molecule has 122 heavy (non-hydrogen) atoms. The van der Waals surface area contributed by atoms with Crippen LogP contribution in [-0.4, -0.2) is 145 Å². The highest BCUT2D eigenvalue weighted by molar-refractivity contribution is 14.0. The molecule has 3 aromatic heterocycles. The van der Waals surface area contributed by atoms with Crippen molar-refractivity contribution >= 4 is 139 Å². The van der Waals surface area contributed by atoms with E-state index in [9.17, 15) is 55.5 Å². The number of hydrogen-bond acceptors (Lipinski definition) is 12. The van der Waals surface area contributed by atoms with Gasteiger partial charge in [-0.25, -0.2) is 35.6 Å². The summed E-state index contributed by atoms with van der Waals surface area (Å²) in [5, 5.41) is 26.6. The number of hydrogen-bond donors (Lipinski definition) is 2. The van der Waals surface area contributed by atoms with Crippen LogP contribution in [0.3, 0.4) is 0 Å². The fourth-order valence-electron chi connectivity index (χ4n) is 15.4. The largest absolute Gasteiger partial charge is 0.481 e. The minimum Gasteiger partial charge on any atom is -0.481 e. The third-order valence-corrected chi connectivity index (χ3v) is 23.4. The summed E-state index contributed by atoms with van der Waals surface area (Å²) in [6, 6.07) is 62.0. The van der Waals surface area contributed by atoms with Gasteiger partial charge in [-0.3, -0.25) is 33.5 Å². The highest BCUT2D eigenvalue weighted by Crippen LogP contribution is 2.41. The lowest BCUT2D eigenvalue weighted by atomic mass is 9.89. The van der Waals surface area contributed by atoms with Gasteiger partial charge in [-0.1, -0.05) is 204 Å². The zero-order valence-corrected chi connectivity index (χ0v) is 72.9. The van der Waals surface area contributed by atoms with Gasteiger partial charge in [-0.2, -0.15) is 15.3 Å². The summed E-state index contributed by atoms with van der Waals surface area (Å²) in [7, 11) is -3.86.